The molecule has 7 nitrogen and oxygen atoms in total. The quantitative estimate of drug-likeness (QED) is 0.165. The molecule has 0 saturated heterocycles. The van der Waals surface area contributed by atoms with Gasteiger partial charge in [0.05, 0.1) is 28.3 Å². The second-order valence-corrected chi connectivity index (χ2v) is 23.9. The van der Waals surface area contributed by atoms with E-state index in [1.165, 1.54) is 11.1 Å². The molecule has 81 heavy (non-hydrogen) atoms. The Balaban J connectivity index is 1.06. The number of benzene rings is 11. The molecule has 11 aromatic carbocycles. The third kappa shape index (κ3) is 6.34. The molecule has 0 saturated carbocycles. The van der Waals surface area contributed by atoms with Crippen LogP contribution in [0.1, 0.15) is 52.7 Å². The number of fused-ring (bicyclic) bond motifs is 20. The van der Waals surface area contributed by atoms with Gasteiger partial charge in [-0.05, 0) is 71.5 Å². The highest BCUT2D eigenvalue weighted by molar-refractivity contribution is 6.36. The minimum atomic E-state index is -0.143. The molecule has 0 N–H and O–H groups in total. The van der Waals surface area contributed by atoms with Crippen LogP contribution in [0, 0.1) is 0 Å². The number of furan rings is 4. The average Bonchev–Trinajstić information content (AvgIpc) is 3.92. The maximum atomic E-state index is 7.26. The molecule has 0 aliphatic carbocycles. The van der Waals surface area contributed by atoms with E-state index in [0.717, 1.165) is 160 Å². The van der Waals surface area contributed by atoms with Gasteiger partial charge in [-0.3, -0.25) is 0 Å². The summed E-state index contributed by atoms with van der Waals surface area (Å²) in [7, 11) is 0. The summed E-state index contributed by atoms with van der Waals surface area (Å²) >= 11 is 0. The summed E-state index contributed by atoms with van der Waals surface area (Å²) < 4.78 is 31.5. The van der Waals surface area contributed by atoms with Crippen molar-refractivity contribution >= 4 is 160 Å². The summed E-state index contributed by atoms with van der Waals surface area (Å²) in [6, 6.07) is 76.1. The summed E-state index contributed by atoms with van der Waals surface area (Å²) in [4.78, 5) is 4.82. The summed E-state index contributed by atoms with van der Waals surface area (Å²) in [6.45, 7) is 13.5. The first kappa shape index (κ1) is 46.0. The Morgan fingerprint density at radius 3 is 1.07 bits per heavy atom. The molecule has 17 rings (SSSR count). The Morgan fingerprint density at radius 1 is 0.284 bits per heavy atom. The number of nitrogens with zero attached hydrogens (tertiary/aromatic N) is 3. The lowest BCUT2D eigenvalue weighted by Crippen LogP contribution is -2.11. The van der Waals surface area contributed by atoms with Crippen LogP contribution >= 0.6 is 0 Å². The molecule has 6 heterocycles. The van der Waals surface area contributed by atoms with Crippen LogP contribution in [0.25, 0.3) is 126 Å². The lowest BCUT2D eigenvalue weighted by Gasteiger charge is -2.27. The van der Waals surface area contributed by atoms with Gasteiger partial charge in [-0.1, -0.05) is 193 Å². The van der Waals surface area contributed by atoms with E-state index >= 15 is 0 Å². The fraction of sp³-hybridized carbons (Fsp3) is 0.108. The molecule has 0 spiro atoms. The van der Waals surface area contributed by atoms with Gasteiger partial charge in [0.25, 0.3) is 0 Å². The molecule has 17 aromatic rings. The van der Waals surface area contributed by atoms with Gasteiger partial charge in [-0.25, -0.2) is 0 Å². The minimum Gasteiger partial charge on any atom is -0.454 e. The maximum absolute atomic E-state index is 7.26. The molecule has 388 valence electrons. The maximum Gasteiger partial charge on any atom is 0.160 e. The van der Waals surface area contributed by atoms with Crippen LogP contribution in [-0.4, -0.2) is 4.40 Å². The predicted octanol–water partition coefficient (Wildman–Crippen LogP) is 22.0. The van der Waals surface area contributed by atoms with Crippen LogP contribution in [0.5, 0.6) is 0 Å². The van der Waals surface area contributed by atoms with Crippen LogP contribution in [0.3, 0.4) is 0 Å². The van der Waals surface area contributed by atoms with E-state index < -0.39 is 0 Å². The highest BCUT2D eigenvalue weighted by Crippen LogP contribution is 2.56. The van der Waals surface area contributed by atoms with Gasteiger partial charge in [0.2, 0.25) is 0 Å². The van der Waals surface area contributed by atoms with Crippen molar-refractivity contribution < 1.29 is 17.7 Å². The number of hydrogen-bond donors (Lipinski definition) is 0. The molecule has 0 aliphatic heterocycles. The van der Waals surface area contributed by atoms with Crippen LogP contribution in [0.15, 0.2) is 230 Å². The van der Waals surface area contributed by atoms with E-state index in [2.05, 4.69) is 268 Å². The molecule has 7 heteroatoms. The number of rotatable bonds is 6. The number of hydrogen-bond acceptors (Lipinski definition) is 6. The second-order valence-electron chi connectivity index (χ2n) is 23.9. The van der Waals surface area contributed by atoms with Crippen molar-refractivity contribution in [2.75, 3.05) is 9.80 Å². The first-order valence-corrected chi connectivity index (χ1v) is 28.0. The molecule has 0 radical (unpaired) electrons. The lowest BCUT2D eigenvalue weighted by molar-refractivity contribution is 0.572. The van der Waals surface area contributed by atoms with Gasteiger partial charge in [0.1, 0.15) is 33.4 Å². The van der Waals surface area contributed by atoms with Crippen molar-refractivity contribution in [3.63, 3.8) is 0 Å². The minimum absolute atomic E-state index is 0.143. The molecular formula is C74H53N3O4. The average molecular weight is 1050 g/mol. The molecule has 0 bridgehead atoms. The van der Waals surface area contributed by atoms with Crippen molar-refractivity contribution in [2.45, 2.75) is 52.4 Å². The molecule has 0 atom stereocenters. The lowest BCUT2D eigenvalue weighted by atomic mass is 9.86. The summed E-state index contributed by atoms with van der Waals surface area (Å²) in [5, 5.41) is 12.7. The van der Waals surface area contributed by atoms with Crippen LogP contribution in [0.2, 0.25) is 0 Å². The number of para-hydroxylation sites is 9. The summed E-state index contributed by atoms with van der Waals surface area (Å²) in [5.74, 6) is 0. The van der Waals surface area contributed by atoms with E-state index in [1.807, 2.05) is 0 Å². The van der Waals surface area contributed by atoms with Crippen molar-refractivity contribution in [1.29, 1.82) is 0 Å². The fourth-order valence-corrected chi connectivity index (χ4v) is 13.6. The standard InChI is InChI=1S/C74H53N3O4/c1-73(2,3)54-34-18-28-46-48-30-20-36-56(69(48)80-67(46)54)75(42-22-9-7-10-23-42)58-40-52-44-26-13-15-38-60(44)78-71(52)65-62(58)50-32-17-33-51-63-59(41-53-45-27-14-16-39-61(45)79-72(53)66(63)77(65)64(50)51)76(43-24-11-8-12-25-43)57-37-21-31-49-47-29-19-35-55(74(4,5)6)68(47)81-70(49)57/h7-41H,1-6H3. The van der Waals surface area contributed by atoms with Crippen molar-refractivity contribution in [2.24, 2.45) is 0 Å². The highest BCUT2D eigenvalue weighted by atomic mass is 16.3. The molecule has 0 amide bonds. The van der Waals surface area contributed by atoms with Crippen LogP contribution < -0.4 is 9.80 Å². The molecule has 6 aromatic heterocycles. The normalized spacial score (nSPS) is 12.8. The highest BCUT2D eigenvalue weighted by Gasteiger charge is 2.34. The van der Waals surface area contributed by atoms with E-state index in [0.29, 0.717) is 0 Å². The van der Waals surface area contributed by atoms with Crippen molar-refractivity contribution in [3.8, 4) is 0 Å². The number of anilines is 6. The number of aromatic nitrogens is 1. The topological polar surface area (TPSA) is 63.5 Å². The zero-order chi connectivity index (χ0) is 54.2. The van der Waals surface area contributed by atoms with E-state index in [9.17, 15) is 0 Å². The monoisotopic (exact) mass is 1050 g/mol. The second kappa shape index (κ2) is 16.3. The fourth-order valence-electron chi connectivity index (χ4n) is 13.6. The van der Waals surface area contributed by atoms with Gasteiger partial charge in [-0.15, -0.1) is 0 Å². The van der Waals surface area contributed by atoms with Crippen molar-refractivity contribution in [3.05, 3.63) is 223 Å². The smallest absolute Gasteiger partial charge is 0.160 e. The Bertz CT molecular complexity index is 5110. The van der Waals surface area contributed by atoms with Crippen LogP contribution in [0.4, 0.5) is 34.1 Å². The van der Waals surface area contributed by atoms with Gasteiger partial charge >= 0.3 is 0 Å². The Kier molecular flexibility index (Phi) is 9.26. The zero-order valence-corrected chi connectivity index (χ0v) is 45.7. The van der Waals surface area contributed by atoms with E-state index in [4.69, 9.17) is 17.7 Å². The van der Waals surface area contributed by atoms with Crippen molar-refractivity contribution in [1.82, 2.24) is 4.40 Å². The first-order chi connectivity index (χ1) is 39.5. The van der Waals surface area contributed by atoms with E-state index in [1.54, 1.807) is 0 Å². The third-order valence-electron chi connectivity index (χ3n) is 17.1. The zero-order valence-electron chi connectivity index (χ0n) is 45.7. The Labute approximate surface area is 465 Å². The molecule has 0 aliphatic rings. The molecule has 0 unspecified atom stereocenters. The van der Waals surface area contributed by atoms with E-state index in [-0.39, 0.29) is 10.8 Å². The van der Waals surface area contributed by atoms with Crippen LogP contribution in [-0.2, 0) is 10.8 Å². The van der Waals surface area contributed by atoms with Gasteiger partial charge in [0.15, 0.2) is 22.3 Å². The largest absolute Gasteiger partial charge is 0.454 e. The SMILES string of the molecule is CC(C)(C)c1cccc2c1oc1c(N(c3ccccc3)c3cc4c5ccccc5oc4c4c3c3cccc5c6c(N(c7ccccc7)c7cccc8c7oc7c(C(C)(C)C)cccc78)cc7c8ccccc8oc7c6n4c35)cccc12. The summed E-state index contributed by atoms with van der Waals surface area (Å²) in [5.41, 5.74) is 17.6. The Hall–Kier alpha value is -9.98. The Morgan fingerprint density at radius 2 is 0.642 bits per heavy atom. The predicted molar refractivity (Wildman–Crippen MR) is 337 cm³/mol. The summed E-state index contributed by atoms with van der Waals surface area (Å²) in [6.07, 6.45) is 0. The molecular weight excluding hydrogens is 995 g/mol. The van der Waals surface area contributed by atoms with Gasteiger partial charge in [0, 0.05) is 87.1 Å². The van der Waals surface area contributed by atoms with Gasteiger partial charge < -0.3 is 31.9 Å². The third-order valence-corrected chi connectivity index (χ3v) is 17.1. The van der Waals surface area contributed by atoms with Gasteiger partial charge in [-0.2, -0.15) is 0 Å². The molecule has 0 fully saturated rings. The first-order valence-electron chi connectivity index (χ1n) is 28.0.